The van der Waals surface area contributed by atoms with Crippen molar-refractivity contribution in [2.75, 3.05) is 32.2 Å². The summed E-state index contributed by atoms with van der Waals surface area (Å²) < 4.78 is 13.1. The first kappa shape index (κ1) is 27.6. The first-order valence-corrected chi connectivity index (χ1v) is 14.6. The molecule has 41 heavy (non-hydrogen) atoms. The molecule has 0 atom stereocenters. The standard InChI is InChI=1S/C34H43N5O2/c1-20-21(13-22-16-33(5,6)18-38-19-34(7,8)17-26(20)28(22)38)14-25-29(32(2,3)4)37-39-30(35-36-31(25)39)24-15-23(40-9)11-12-27(24)41-10/h11-15H,16-19H2,1-10H3. The summed E-state index contributed by atoms with van der Waals surface area (Å²) in [5, 5.41) is 15.5. The molecule has 7 nitrogen and oxygen atoms in total. The minimum Gasteiger partial charge on any atom is -0.497 e. The van der Waals surface area contributed by atoms with Crippen molar-refractivity contribution in [1.82, 2.24) is 19.8 Å². The van der Waals surface area contributed by atoms with Crippen LogP contribution in [-0.4, -0.2) is 47.1 Å². The first-order valence-electron chi connectivity index (χ1n) is 14.6. The predicted octanol–water partition coefficient (Wildman–Crippen LogP) is 5.93. The van der Waals surface area contributed by atoms with Gasteiger partial charge in [-0.2, -0.15) is 9.61 Å². The molecule has 0 bridgehead atoms. The lowest BCUT2D eigenvalue weighted by molar-refractivity contribution is 0.288. The van der Waals surface area contributed by atoms with E-state index in [9.17, 15) is 0 Å². The number of ether oxygens (including phenoxy) is 2. The molecular weight excluding hydrogens is 510 g/mol. The Morgan fingerprint density at radius 1 is 0.927 bits per heavy atom. The normalized spacial score (nSPS) is 18.1. The third-order valence-electron chi connectivity index (χ3n) is 8.68. The molecule has 0 aliphatic carbocycles. The van der Waals surface area contributed by atoms with Crippen LogP contribution in [0.3, 0.4) is 0 Å². The zero-order valence-corrected chi connectivity index (χ0v) is 26.3. The molecule has 216 valence electrons. The van der Waals surface area contributed by atoms with Crippen LogP contribution in [0.15, 0.2) is 24.3 Å². The van der Waals surface area contributed by atoms with E-state index < -0.39 is 0 Å². The average Bonchev–Trinajstić information content (AvgIpc) is 3.45. The second-order valence-electron chi connectivity index (χ2n) is 14.6. The van der Waals surface area contributed by atoms with Gasteiger partial charge in [-0.3, -0.25) is 0 Å². The lowest BCUT2D eigenvalue weighted by Crippen LogP contribution is -2.48. The summed E-state index contributed by atoms with van der Waals surface area (Å²) >= 11 is 0. The Kier molecular flexibility index (Phi) is 6.18. The molecule has 2 aliphatic rings. The van der Waals surface area contributed by atoms with E-state index in [1.165, 1.54) is 27.9 Å². The molecule has 0 amide bonds. The summed E-state index contributed by atoms with van der Waals surface area (Å²) in [6, 6.07) is 8.13. The molecule has 4 heterocycles. The Morgan fingerprint density at radius 2 is 1.63 bits per heavy atom. The number of fused-ring (bicyclic) bond motifs is 1. The average molecular weight is 554 g/mol. The number of rotatable bonds is 4. The number of methoxy groups -OCH3 is 2. The van der Waals surface area contributed by atoms with Crippen LogP contribution in [0.1, 0.15) is 76.4 Å². The predicted molar refractivity (Wildman–Crippen MR) is 165 cm³/mol. The first-order chi connectivity index (χ1) is 19.2. The smallest absolute Gasteiger partial charge is 0.189 e. The van der Waals surface area contributed by atoms with Crippen molar-refractivity contribution in [2.45, 2.75) is 73.6 Å². The molecule has 2 aliphatic heterocycles. The Balaban J connectivity index is 1.61. The minimum atomic E-state index is -0.195. The zero-order chi connectivity index (χ0) is 29.5. The molecule has 2 aromatic heterocycles. The van der Waals surface area contributed by atoms with Crippen LogP contribution in [0.25, 0.3) is 23.1 Å². The third kappa shape index (κ3) is 4.63. The van der Waals surface area contributed by atoms with Crippen LogP contribution in [0.2, 0.25) is 0 Å². The monoisotopic (exact) mass is 553 g/mol. The van der Waals surface area contributed by atoms with Crippen molar-refractivity contribution < 1.29 is 9.47 Å². The van der Waals surface area contributed by atoms with Gasteiger partial charge in [0.25, 0.3) is 0 Å². The van der Waals surface area contributed by atoms with E-state index in [2.05, 4.69) is 77.5 Å². The SMILES string of the molecule is COc1ccc(OC)c(-c2nnc3c(=Cc4cc5c6c(c4C)CC(C)(C)CN6CC(C)(C)C5)c(C(C)(C)C)nn23)c1. The van der Waals surface area contributed by atoms with Gasteiger partial charge >= 0.3 is 0 Å². The molecule has 6 rings (SSSR count). The van der Waals surface area contributed by atoms with Gasteiger partial charge in [-0.15, -0.1) is 10.2 Å². The minimum absolute atomic E-state index is 0.195. The highest BCUT2D eigenvalue weighted by molar-refractivity contribution is 5.74. The zero-order valence-electron chi connectivity index (χ0n) is 26.3. The highest BCUT2D eigenvalue weighted by atomic mass is 16.5. The van der Waals surface area contributed by atoms with Crippen LogP contribution in [0.4, 0.5) is 5.69 Å². The van der Waals surface area contributed by atoms with E-state index in [0.29, 0.717) is 11.6 Å². The maximum Gasteiger partial charge on any atom is 0.189 e. The lowest BCUT2D eigenvalue weighted by atomic mass is 9.72. The van der Waals surface area contributed by atoms with E-state index in [4.69, 9.17) is 19.7 Å². The number of nitrogens with zero attached hydrogens (tertiary/aromatic N) is 5. The van der Waals surface area contributed by atoms with Gasteiger partial charge in [0, 0.05) is 29.4 Å². The van der Waals surface area contributed by atoms with E-state index in [0.717, 1.165) is 53.8 Å². The number of aromatic nitrogens is 4. The molecular formula is C34H43N5O2. The summed E-state index contributed by atoms with van der Waals surface area (Å²) in [7, 11) is 3.32. The molecule has 0 N–H and O–H groups in total. The molecule has 0 saturated heterocycles. The van der Waals surface area contributed by atoms with Crippen molar-refractivity contribution in [1.29, 1.82) is 0 Å². The molecule has 7 heteroatoms. The Labute approximate surface area is 243 Å². The quantitative estimate of drug-likeness (QED) is 0.312. The van der Waals surface area contributed by atoms with Crippen LogP contribution >= 0.6 is 0 Å². The lowest BCUT2D eigenvalue weighted by Gasteiger charge is -2.49. The van der Waals surface area contributed by atoms with Gasteiger partial charge in [-0.25, -0.2) is 0 Å². The molecule has 0 fully saturated rings. The molecule has 0 saturated carbocycles. The van der Waals surface area contributed by atoms with Crippen molar-refractivity contribution in [2.24, 2.45) is 10.8 Å². The van der Waals surface area contributed by atoms with Gasteiger partial charge in [-0.05, 0) is 83.2 Å². The summed E-state index contributed by atoms with van der Waals surface area (Å²) in [6.07, 6.45) is 4.48. The van der Waals surface area contributed by atoms with Gasteiger partial charge in [0.15, 0.2) is 11.5 Å². The molecule has 0 spiro atoms. The van der Waals surface area contributed by atoms with E-state index in [1.807, 2.05) is 22.7 Å². The Hall–Kier alpha value is -3.61. The van der Waals surface area contributed by atoms with E-state index >= 15 is 0 Å². The van der Waals surface area contributed by atoms with Crippen molar-refractivity contribution in [3.63, 3.8) is 0 Å². The molecule has 0 radical (unpaired) electrons. The van der Waals surface area contributed by atoms with Crippen LogP contribution < -0.4 is 19.6 Å². The van der Waals surface area contributed by atoms with Crippen molar-refractivity contribution in [3.05, 3.63) is 57.4 Å². The van der Waals surface area contributed by atoms with E-state index in [1.54, 1.807) is 14.2 Å². The van der Waals surface area contributed by atoms with Crippen molar-refractivity contribution >= 4 is 17.4 Å². The maximum atomic E-state index is 5.68. The second-order valence-corrected chi connectivity index (χ2v) is 14.6. The van der Waals surface area contributed by atoms with Gasteiger partial charge in [0.2, 0.25) is 0 Å². The number of anilines is 1. The number of benzene rings is 2. The molecule has 4 aromatic rings. The van der Waals surface area contributed by atoms with Crippen LogP contribution in [0.5, 0.6) is 11.5 Å². The number of hydrogen-bond donors (Lipinski definition) is 0. The van der Waals surface area contributed by atoms with Crippen LogP contribution in [0, 0.1) is 17.8 Å². The van der Waals surface area contributed by atoms with Gasteiger partial charge in [-0.1, -0.05) is 48.5 Å². The fourth-order valence-corrected chi connectivity index (χ4v) is 6.96. The van der Waals surface area contributed by atoms with Gasteiger partial charge in [0.05, 0.1) is 25.5 Å². The highest BCUT2D eigenvalue weighted by Gasteiger charge is 2.39. The highest BCUT2D eigenvalue weighted by Crippen LogP contribution is 2.47. The van der Waals surface area contributed by atoms with Crippen molar-refractivity contribution in [3.8, 4) is 22.9 Å². The van der Waals surface area contributed by atoms with Gasteiger partial charge in [0.1, 0.15) is 11.5 Å². The summed E-state index contributed by atoms with van der Waals surface area (Å²) in [5.41, 5.74) is 9.85. The topological polar surface area (TPSA) is 64.8 Å². The van der Waals surface area contributed by atoms with Gasteiger partial charge < -0.3 is 14.4 Å². The molecule has 0 unspecified atom stereocenters. The third-order valence-corrected chi connectivity index (χ3v) is 8.68. The molecule has 2 aromatic carbocycles. The summed E-state index contributed by atoms with van der Waals surface area (Å²) in [5.74, 6) is 2.06. The summed E-state index contributed by atoms with van der Waals surface area (Å²) in [6.45, 7) is 20.7. The second kappa shape index (κ2) is 9.20. The number of hydrogen-bond acceptors (Lipinski definition) is 6. The Morgan fingerprint density at radius 3 is 2.29 bits per heavy atom. The summed E-state index contributed by atoms with van der Waals surface area (Å²) in [4.78, 5) is 2.66. The van der Waals surface area contributed by atoms with E-state index in [-0.39, 0.29) is 16.2 Å². The fraction of sp³-hybridized carbons (Fsp3) is 0.500. The Bertz CT molecular complexity index is 1720. The van der Waals surface area contributed by atoms with Crippen LogP contribution in [-0.2, 0) is 18.3 Å². The largest absolute Gasteiger partial charge is 0.497 e. The maximum absolute atomic E-state index is 5.68. The fourth-order valence-electron chi connectivity index (χ4n) is 6.96.